The van der Waals surface area contributed by atoms with Gasteiger partial charge in [-0.25, -0.2) is 0 Å². The molecule has 6 aliphatic carbocycles. The van der Waals surface area contributed by atoms with Crippen LogP contribution in [0, 0.1) is 6.92 Å². The van der Waals surface area contributed by atoms with Crippen LogP contribution in [-0.2, 0) is 21.7 Å². The second kappa shape index (κ2) is 14.2. The Kier molecular flexibility index (Phi) is 8.35. The molecule has 0 aliphatic heterocycles. The van der Waals surface area contributed by atoms with Crippen LogP contribution in [0.1, 0.15) is 142 Å². The van der Waals surface area contributed by atoms with Gasteiger partial charge < -0.3 is 4.90 Å². The van der Waals surface area contributed by atoms with E-state index in [1.807, 2.05) is 0 Å². The Morgan fingerprint density at radius 2 is 0.729 bits per heavy atom. The molecule has 0 radical (unpaired) electrons. The standard InChI is InChI=1S/C69H61N/c1-42-20-24-45(25-21-42)70(46-26-28-50-52-38-58-54(40-62(52)68(60(50)36-46)32-12-6-13-33-68)64-48-18-10-8-16-43(48)22-30-56(64)66(58,2)3)47-27-29-51-53-39-59-55(41-63(53)69(61(51)37-47)34-14-7-15-35-69)65-49-19-11-9-17-44(49)23-31-57(65)67(59,4)5/h8-11,16-31,36-41H,6-7,12-15,32-35H2,1-5H3. The van der Waals surface area contributed by atoms with Crippen LogP contribution >= 0.6 is 0 Å². The summed E-state index contributed by atoms with van der Waals surface area (Å²) in [4.78, 5) is 2.61. The van der Waals surface area contributed by atoms with E-state index in [0.717, 1.165) is 0 Å². The molecular weight excluding hydrogens is 843 g/mol. The number of hydrogen-bond acceptors (Lipinski definition) is 1. The summed E-state index contributed by atoms with van der Waals surface area (Å²) in [6.07, 6.45) is 12.5. The normalized spacial score (nSPS) is 18.5. The number of fused-ring (bicyclic) bond motifs is 20. The Labute approximate surface area is 414 Å². The van der Waals surface area contributed by atoms with E-state index < -0.39 is 0 Å². The van der Waals surface area contributed by atoms with Crippen LogP contribution in [0.15, 0.2) is 158 Å². The molecule has 2 saturated carbocycles. The molecule has 0 unspecified atom stereocenters. The van der Waals surface area contributed by atoms with E-state index in [1.165, 1.54) is 175 Å². The number of benzene rings is 9. The van der Waals surface area contributed by atoms with Gasteiger partial charge in [-0.15, -0.1) is 0 Å². The summed E-state index contributed by atoms with van der Waals surface area (Å²) >= 11 is 0. The molecule has 9 aromatic carbocycles. The maximum Gasteiger partial charge on any atom is 0.0465 e. The number of aryl methyl sites for hydroxylation is 1. The Hall–Kier alpha value is -6.70. The number of rotatable bonds is 3. The first-order valence-electron chi connectivity index (χ1n) is 26.7. The minimum atomic E-state index is -0.0769. The highest BCUT2D eigenvalue weighted by Crippen LogP contribution is 2.64. The lowest BCUT2D eigenvalue weighted by Crippen LogP contribution is -2.29. The summed E-state index contributed by atoms with van der Waals surface area (Å²) in [7, 11) is 0. The Morgan fingerprint density at radius 3 is 1.19 bits per heavy atom. The van der Waals surface area contributed by atoms with Crippen molar-refractivity contribution >= 4 is 38.6 Å². The van der Waals surface area contributed by atoms with Crippen molar-refractivity contribution in [1.82, 2.24) is 0 Å². The Bertz CT molecular complexity index is 3510. The largest absolute Gasteiger partial charge is 0.310 e. The zero-order valence-electron chi connectivity index (χ0n) is 41.5. The lowest BCUT2D eigenvalue weighted by atomic mass is 9.67. The van der Waals surface area contributed by atoms with E-state index in [2.05, 4.69) is 197 Å². The highest BCUT2D eigenvalue weighted by Gasteiger charge is 2.49. The van der Waals surface area contributed by atoms with Gasteiger partial charge in [0.25, 0.3) is 0 Å². The van der Waals surface area contributed by atoms with Crippen LogP contribution in [0.25, 0.3) is 66.1 Å². The Balaban J connectivity index is 0.904. The van der Waals surface area contributed by atoms with Gasteiger partial charge in [0.1, 0.15) is 0 Å². The highest BCUT2D eigenvalue weighted by molar-refractivity contribution is 6.05. The summed E-state index contributed by atoms with van der Waals surface area (Å²) in [5, 5.41) is 5.43. The molecule has 9 aromatic rings. The molecule has 0 atom stereocenters. The third-order valence-electron chi connectivity index (χ3n) is 19.3. The van der Waals surface area contributed by atoms with Crippen LogP contribution < -0.4 is 4.90 Å². The first-order chi connectivity index (χ1) is 34.1. The summed E-state index contributed by atoms with van der Waals surface area (Å²) in [6.45, 7) is 12.0. The van der Waals surface area contributed by atoms with Crippen LogP contribution in [-0.4, -0.2) is 0 Å². The van der Waals surface area contributed by atoms with Crippen molar-refractivity contribution in [2.45, 2.75) is 120 Å². The second-order valence-corrected chi connectivity index (χ2v) is 23.5. The topological polar surface area (TPSA) is 3.24 Å². The van der Waals surface area contributed by atoms with Gasteiger partial charge in [-0.05, 0) is 204 Å². The van der Waals surface area contributed by atoms with Crippen molar-refractivity contribution in [2.75, 3.05) is 4.90 Å². The fourth-order valence-electron chi connectivity index (χ4n) is 15.8. The van der Waals surface area contributed by atoms with E-state index in [1.54, 1.807) is 22.3 Å². The first kappa shape index (κ1) is 41.1. The number of anilines is 3. The third kappa shape index (κ3) is 5.29. The predicted octanol–water partition coefficient (Wildman–Crippen LogP) is 18.8. The van der Waals surface area contributed by atoms with Crippen LogP contribution in [0.4, 0.5) is 17.1 Å². The van der Waals surface area contributed by atoms with Gasteiger partial charge in [0.2, 0.25) is 0 Å². The minimum Gasteiger partial charge on any atom is -0.310 e. The fourth-order valence-corrected chi connectivity index (χ4v) is 15.8. The van der Waals surface area contributed by atoms with Crippen LogP contribution in [0.3, 0.4) is 0 Å². The van der Waals surface area contributed by atoms with Crippen molar-refractivity contribution in [2.24, 2.45) is 0 Å². The molecule has 0 bridgehead atoms. The van der Waals surface area contributed by atoms with Gasteiger partial charge >= 0.3 is 0 Å². The first-order valence-corrected chi connectivity index (χ1v) is 26.7. The van der Waals surface area contributed by atoms with Gasteiger partial charge in [-0.2, -0.15) is 0 Å². The predicted molar refractivity (Wildman–Crippen MR) is 295 cm³/mol. The fraction of sp³-hybridized carbons (Fsp3) is 0.275. The number of hydrogen-bond donors (Lipinski definition) is 0. The van der Waals surface area contributed by atoms with E-state index in [9.17, 15) is 0 Å². The second-order valence-electron chi connectivity index (χ2n) is 23.5. The quantitative estimate of drug-likeness (QED) is 0.171. The average molecular weight is 904 g/mol. The van der Waals surface area contributed by atoms with Crippen LogP contribution in [0.2, 0.25) is 0 Å². The van der Waals surface area contributed by atoms with Gasteiger partial charge in [0.15, 0.2) is 0 Å². The number of nitrogens with zero attached hydrogens (tertiary/aromatic N) is 1. The average Bonchev–Trinajstić information content (AvgIpc) is 3.97. The van der Waals surface area contributed by atoms with Crippen molar-refractivity contribution < 1.29 is 0 Å². The molecule has 0 N–H and O–H groups in total. The molecule has 70 heavy (non-hydrogen) atoms. The summed E-state index contributed by atoms with van der Waals surface area (Å²) in [5.41, 5.74) is 28.6. The zero-order chi connectivity index (χ0) is 46.9. The third-order valence-corrected chi connectivity index (χ3v) is 19.3. The van der Waals surface area contributed by atoms with E-state index >= 15 is 0 Å². The summed E-state index contributed by atoms with van der Waals surface area (Å²) < 4.78 is 0. The molecule has 2 spiro atoms. The molecule has 0 amide bonds. The smallest absolute Gasteiger partial charge is 0.0465 e. The highest BCUT2D eigenvalue weighted by atomic mass is 15.1. The molecule has 342 valence electrons. The lowest BCUT2D eigenvalue weighted by molar-refractivity contribution is 0.353. The van der Waals surface area contributed by atoms with Gasteiger partial charge in [-0.3, -0.25) is 0 Å². The summed E-state index contributed by atoms with van der Waals surface area (Å²) in [5.74, 6) is 0. The molecule has 2 fully saturated rings. The van der Waals surface area contributed by atoms with Crippen LogP contribution in [0.5, 0.6) is 0 Å². The van der Waals surface area contributed by atoms with E-state index in [4.69, 9.17) is 0 Å². The zero-order valence-corrected chi connectivity index (χ0v) is 41.5. The molecule has 1 nitrogen and oxygen atoms in total. The molecule has 15 rings (SSSR count). The van der Waals surface area contributed by atoms with Crippen molar-refractivity contribution in [3.8, 4) is 44.5 Å². The van der Waals surface area contributed by atoms with Gasteiger partial charge in [0.05, 0.1) is 0 Å². The van der Waals surface area contributed by atoms with Crippen molar-refractivity contribution in [3.63, 3.8) is 0 Å². The Morgan fingerprint density at radius 1 is 0.329 bits per heavy atom. The van der Waals surface area contributed by atoms with Crippen molar-refractivity contribution in [1.29, 1.82) is 0 Å². The molecular formula is C69H61N. The minimum absolute atomic E-state index is 0.00572. The molecule has 6 aliphatic rings. The van der Waals surface area contributed by atoms with Gasteiger partial charge in [0, 0.05) is 38.7 Å². The lowest BCUT2D eigenvalue weighted by Gasteiger charge is -2.38. The van der Waals surface area contributed by atoms with Gasteiger partial charge in [-0.1, -0.05) is 169 Å². The molecule has 1 heteroatoms. The maximum absolute atomic E-state index is 2.69. The van der Waals surface area contributed by atoms with Crippen molar-refractivity contribution in [3.05, 3.63) is 208 Å². The monoisotopic (exact) mass is 903 g/mol. The van der Waals surface area contributed by atoms with E-state index in [-0.39, 0.29) is 21.7 Å². The molecule has 0 saturated heterocycles. The molecule has 0 aromatic heterocycles. The summed E-state index contributed by atoms with van der Waals surface area (Å²) in [6, 6.07) is 62.8. The molecule has 0 heterocycles. The maximum atomic E-state index is 2.69. The SMILES string of the molecule is Cc1ccc(N(c2ccc3c(c2)C2(CCCCC2)c2cc4c(cc2-3)C(C)(C)c2ccc3ccccc3c2-4)c2ccc3c(c2)C2(CCCCC2)c2cc4c(cc2-3)C(C)(C)c2ccc3ccccc3c2-4)cc1. The van der Waals surface area contributed by atoms with E-state index in [0.29, 0.717) is 0 Å².